The summed E-state index contributed by atoms with van der Waals surface area (Å²) in [4.78, 5) is 34.2. The highest BCUT2D eigenvalue weighted by molar-refractivity contribution is 6.11. The van der Waals surface area contributed by atoms with Crippen molar-refractivity contribution in [2.45, 2.75) is 25.2 Å². The number of fused-ring (bicyclic) bond motifs is 1. The fourth-order valence-electron chi connectivity index (χ4n) is 2.50. The van der Waals surface area contributed by atoms with Gasteiger partial charge in [0.25, 0.3) is 0 Å². The Morgan fingerprint density at radius 3 is 2.45 bits per heavy atom. The first-order valence-corrected chi connectivity index (χ1v) is 6.04. The van der Waals surface area contributed by atoms with E-state index in [4.69, 9.17) is 0 Å². The molecule has 0 saturated heterocycles. The zero-order valence-corrected chi connectivity index (χ0v) is 10.2. The van der Waals surface area contributed by atoms with Crippen molar-refractivity contribution in [2.75, 3.05) is 0 Å². The Morgan fingerprint density at radius 1 is 1.15 bits per heavy atom. The Labute approximate surface area is 111 Å². The quantitative estimate of drug-likeness (QED) is 0.463. The van der Waals surface area contributed by atoms with Gasteiger partial charge in [-0.05, 0) is 22.8 Å². The Morgan fingerprint density at radius 2 is 1.80 bits per heavy atom. The molecule has 2 aromatic rings. The molecule has 1 saturated carbocycles. The highest BCUT2D eigenvalue weighted by Crippen LogP contribution is 2.34. The van der Waals surface area contributed by atoms with Crippen LogP contribution in [0.3, 0.4) is 0 Å². The summed E-state index contributed by atoms with van der Waals surface area (Å²) in [6.45, 7) is 0. The first-order valence-electron chi connectivity index (χ1n) is 6.04. The van der Waals surface area contributed by atoms with Crippen LogP contribution in [0.4, 0.5) is 5.69 Å². The van der Waals surface area contributed by atoms with E-state index in [1.807, 2.05) is 0 Å². The second-order valence-corrected chi connectivity index (χ2v) is 4.61. The van der Waals surface area contributed by atoms with Gasteiger partial charge >= 0.3 is 5.69 Å². The van der Waals surface area contributed by atoms with E-state index in [2.05, 4.69) is 14.9 Å². The van der Waals surface area contributed by atoms with Crippen molar-refractivity contribution in [3.05, 3.63) is 27.8 Å². The molecule has 8 heteroatoms. The third-order valence-electron chi connectivity index (χ3n) is 3.42. The lowest BCUT2D eigenvalue weighted by Gasteiger charge is -2.19. The number of hydrogen-bond acceptors (Lipinski definition) is 7. The summed E-state index contributed by atoms with van der Waals surface area (Å²) >= 11 is 0. The van der Waals surface area contributed by atoms with Crippen LogP contribution in [0.15, 0.2) is 16.8 Å². The average Bonchev–Trinajstić information content (AvgIpc) is 2.87. The monoisotopic (exact) mass is 275 g/mol. The normalized spacial score (nSPS) is 16.8. The highest BCUT2D eigenvalue weighted by Gasteiger charge is 2.35. The van der Waals surface area contributed by atoms with Crippen molar-refractivity contribution in [1.29, 1.82) is 0 Å². The van der Waals surface area contributed by atoms with Crippen molar-refractivity contribution in [3.8, 4) is 0 Å². The predicted molar refractivity (Wildman–Crippen MR) is 65.1 cm³/mol. The van der Waals surface area contributed by atoms with Crippen LogP contribution in [0.25, 0.3) is 11.0 Å². The van der Waals surface area contributed by atoms with Crippen LogP contribution >= 0.6 is 0 Å². The number of nitro benzene ring substituents is 1. The molecule has 1 fully saturated rings. The van der Waals surface area contributed by atoms with Crippen molar-refractivity contribution >= 4 is 28.3 Å². The molecule has 20 heavy (non-hydrogen) atoms. The number of ketones is 2. The summed E-state index contributed by atoms with van der Waals surface area (Å²) in [6, 6.07) is 2.60. The maximum Gasteiger partial charge on any atom is 0.300 e. The summed E-state index contributed by atoms with van der Waals surface area (Å²) in [5.41, 5.74) is 0.133. The van der Waals surface area contributed by atoms with E-state index in [-0.39, 0.29) is 28.3 Å². The number of nitrogens with zero attached hydrogens (tertiary/aromatic N) is 3. The maximum absolute atomic E-state index is 12.0. The Balaban J connectivity index is 2.20. The number of non-ortho nitro benzene ring substituents is 1. The van der Waals surface area contributed by atoms with Crippen molar-refractivity contribution in [1.82, 2.24) is 10.3 Å². The molecule has 0 unspecified atom stereocenters. The van der Waals surface area contributed by atoms with E-state index in [1.54, 1.807) is 0 Å². The molecule has 0 spiro atoms. The second kappa shape index (κ2) is 4.48. The van der Waals surface area contributed by atoms with Gasteiger partial charge in [-0.2, -0.15) is 0 Å². The molecule has 0 N–H and O–H groups in total. The number of carbonyl (C=O) groups excluding carboxylic acids is 2. The number of aromatic nitrogens is 2. The molecule has 0 radical (unpaired) electrons. The number of nitro groups is 1. The van der Waals surface area contributed by atoms with E-state index in [1.165, 1.54) is 12.1 Å². The lowest BCUT2D eigenvalue weighted by molar-refractivity contribution is -0.383. The summed E-state index contributed by atoms with van der Waals surface area (Å²) in [5.74, 6) is -1.31. The molecule has 1 heterocycles. The van der Waals surface area contributed by atoms with Gasteiger partial charge in [-0.25, -0.2) is 4.63 Å². The third kappa shape index (κ3) is 1.77. The number of Topliss-reactive ketones (excluding diaryl/α,β-unsaturated/α-hetero) is 2. The van der Waals surface area contributed by atoms with Crippen LogP contribution in [0.5, 0.6) is 0 Å². The van der Waals surface area contributed by atoms with E-state index < -0.39 is 10.8 Å². The number of hydrogen-bond donors (Lipinski definition) is 0. The molecule has 0 aliphatic heterocycles. The highest BCUT2D eigenvalue weighted by atomic mass is 16.6. The summed E-state index contributed by atoms with van der Waals surface area (Å²) in [5, 5.41) is 18.0. The Hall–Kier alpha value is -2.64. The SMILES string of the molecule is O=C1CCCC(=O)C1c1ccc([N+](=O)[O-])c2nonc12. The molecular formula is C12H9N3O5. The van der Waals surface area contributed by atoms with Crippen molar-refractivity contribution in [3.63, 3.8) is 0 Å². The fraction of sp³-hybridized carbons (Fsp3) is 0.333. The molecule has 1 aromatic carbocycles. The Bertz CT molecular complexity index is 720. The van der Waals surface area contributed by atoms with Crippen LogP contribution in [0.2, 0.25) is 0 Å². The molecule has 1 aliphatic rings. The molecular weight excluding hydrogens is 266 g/mol. The number of benzene rings is 1. The van der Waals surface area contributed by atoms with Crippen LogP contribution in [-0.4, -0.2) is 26.8 Å². The van der Waals surface area contributed by atoms with E-state index in [9.17, 15) is 19.7 Å². The summed E-state index contributed by atoms with van der Waals surface area (Å²) in [6.07, 6.45) is 1.18. The van der Waals surface area contributed by atoms with Crippen molar-refractivity contribution < 1.29 is 19.1 Å². The minimum absolute atomic E-state index is 0.0429. The first kappa shape index (κ1) is 12.4. The van der Waals surface area contributed by atoms with Gasteiger partial charge in [0.1, 0.15) is 23.0 Å². The van der Waals surface area contributed by atoms with Crippen LogP contribution in [-0.2, 0) is 9.59 Å². The van der Waals surface area contributed by atoms with Crippen LogP contribution in [0, 0.1) is 10.1 Å². The number of rotatable bonds is 2. The minimum atomic E-state index is -0.918. The largest absolute Gasteiger partial charge is 0.300 e. The topological polar surface area (TPSA) is 116 Å². The first-order chi connectivity index (χ1) is 9.59. The molecule has 0 bridgehead atoms. The molecule has 102 valence electrons. The lowest BCUT2D eigenvalue weighted by Crippen LogP contribution is -2.26. The van der Waals surface area contributed by atoms with Gasteiger partial charge < -0.3 is 0 Å². The standard InChI is InChI=1S/C12H9N3O5/c16-8-2-1-3-9(17)10(8)6-4-5-7(15(18)19)12-11(6)13-20-14-12/h4-5,10H,1-3H2. The van der Waals surface area contributed by atoms with Gasteiger partial charge in [-0.3, -0.25) is 19.7 Å². The molecule has 8 nitrogen and oxygen atoms in total. The van der Waals surface area contributed by atoms with Gasteiger partial charge in [0, 0.05) is 24.5 Å². The van der Waals surface area contributed by atoms with E-state index in [0.29, 0.717) is 24.8 Å². The van der Waals surface area contributed by atoms with Gasteiger partial charge in [0.15, 0.2) is 0 Å². The van der Waals surface area contributed by atoms with Crippen LogP contribution in [0.1, 0.15) is 30.7 Å². The maximum atomic E-state index is 12.0. The van der Waals surface area contributed by atoms with Gasteiger partial charge in [-0.15, -0.1) is 0 Å². The van der Waals surface area contributed by atoms with E-state index >= 15 is 0 Å². The van der Waals surface area contributed by atoms with Crippen molar-refractivity contribution in [2.24, 2.45) is 0 Å². The zero-order valence-electron chi connectivity index (χ0n) is 10.2. The average molecular weight is 275 g/mol. The van der Waals surface area contributed by atoms with Gasteiger partial charge in [0.05, 0.1) is 4.92 Å². The zero-order chi connectivity index (χ0) is 14.3. The summed E-state index contributed by atoms with van der Waals surface area (Å²) < 4.78 is 4.53. The van der Waals surface area contributed by atoms with Gasteiger partial charge in [0.2, 0.25) is 5.52 Å². The second-order valence-electron chi connectivity index (χ2n) is 4.61. The predicted octanol–water partition coefficient (Wildman–Crippen LogP) is 1.54. The molecule has 0 atom stereocenters. The molecule has 1 aliphatic carbocycles. The van der Waals surface area contributed by atoms with Gasteiger partial charge in [-0.1, -0.05) is 0 Å². The Kier molecular flexibility index (Phi) is 2.78. The van der Waals surface area contributed by atoms with Crippen LogP contribution < -0.4 is 0 Å². The number of carbonyl (C=O) groups is 2. The summed E-state index contributed by atoms with van der Waals surface area (Å²) in [7, 11) is 0. The van der Waals surface area contributed by atoms with E-state index in [0.717, 1.165) is 0 Å². The third-order valence-corrected chi connectivity index (χ3v) is 3.42. The molecule has 3 rings (SSSR count). The minimum Gasteiger partial charge on any atom is -0.299 e. The smallest absolute Gasteiger partial charge is 0.299 e. The lowest BCUT2D eigenvalue weighted by atomic mass is 9.81. The fourth-order valence-corrected chi connectivity index (χ4v) is 2.50. The molecule has 1 aromatic heterocycles. The molecule has 0 amide bonds.